The number of allylic oxidation sites excluding steroid dienone is 2. The summed E-state index contributed by atoms with van der Waals surface area (Å²) in [6, 6.07) is 19.7. The number of methoxy groups -OCH3 is 1. The Morgan fingerprint density at radius 3 is 2.84 bits per heavy atom. The van der Waals surface area contributed by atoms with Crippen LogP contribution in [0.2, 0.25) is 0 Å². The first kappa shape index (κ1) is 20.0. The number of anilines is 1. The van der Waals surface area contributed by atoms with Gasteiger partial charge in [-0.25, -0.2) is 4.98 Å². The van der Waals surface area contributed by atoms with E-state index in [1.807, 2.05) is 12.1 Å². The van der Waals surface area contributed by atoms with Gasteiger partial charge in [-0.05, 0) is 78.9 Å². The van der Waals surface area contributed by atoms with E-state index in [9.17, 15) is 0 Å². The summed E-state index contributed by atoms with van der Waals surface area (Å²) in [6.45, 7) is 2.13. The second-order valence-corrected chi connectivity index (χ2v) is 10.6. The number of ether oxygens (including phenoxy) is 1. The highest BCUT2D eigenvalue weighted by atomic mass is 79.9. The maximum Gasteiger partial charge on any atom is 0.124 e. The molecule has 6 rings (SSSR count). The second-order valence-electron chi connectivity index (χ2n) is 8.65. The zero-order chi connectivity index (χ0) is 21.8. The number of nitrogens with one attached hydrogen (secondary N) is 1. The first-order valence-electron chi connectivity index (χ1n) is 10.9. The summed E-state index contributed by atoms with van der Waals surface area (Å²) in [7, 11) is 1.75. The van der Waals surface area contributed by atoms with Crippen LogP contribution in [0.1, 0.15) is 35.1 Å². The Labute approximate surface area is 200 Å². The maximum atomic E-state index is 5.72. The fraction of sp³-hybridized carbons (Fsp3) is 0.222. The number of fused-ring (bicyclic) bond motifs is 4. The number of rotatable bonds is 3. The highest BCUT2D eigenvalue weighted by molar-refractivity contribution is 9.10. The van der Waals surface area contributed by atoms with Crippen molar-refractivity contribution in [2.45, 2.75) is 25.3 Å². The average molecular weight is 503 g/mol. The number of halogens is 1. The molecule has 0 saturated heterocycles. The molecule has 2 aliphatic rings. The topological polar surface area (TPSA) is 34.1 Å². The van der Waals surface area contributed by atoms with Crippen molar-refractivity contribution in [3.05, 3.63) is 87.9 Å². The van der Waals surface area contributed by atoms with E-state index in [0.29, 0.717) is 11.8 Å². The minimum Gasteiger partial charge on any atom is -0.496 e. The van der Waals surface area contributed by atoms with Crippen LogP contribution in [-0.4, -0.2) is 12.1 Å². The van der Waals surface area contributed by atoms with Gasteiger partial charge in [0.15, 0.2) is 0 Å². The third kappa shape index (κ3) is 3.26. The molecule has 0 fully saturated rings. The number of thiazole rings is 1. The fourth-order valence-electron chi connectivity index (χ4n) is 5.14. The van der Waals surface area contributed by atoms with Gasteiger partial charge in [0.1, 0.15) is 10.8 Å². The highest BCUT2D eigenvalue weighted by Crippen LogP contribution is 2.52. The molecule has 0 radical (unpaired) electrons. The number of hydrogen-bond donors (Lipinski definition) is 1. The van der Waals surface area contributed by atoms with Gasteiger partial charge in [-0.1, -0.05) is 34.1 Å². The van der Waals surface area contributed by atoms with Crippen molar-refractivity contribution >= 4 is 43.2 Å². The third-order valence-electron chi connectivity index (χ3n) is 6.68. The molecule has 2 heterocycles. The Morgan fingerprint density at radius 2 is 1.97 bits per heavy atom. The molecule has 0 saturated carbocycles. The summed E-state index contributed by atoms with van der Waals surface area (Å²) in [5.41, 5.74) is 7.31. The molecule has 5 heteroatoms. The zero-order valence-electron chi connectivity index (χ0n) is 17.9. The van der Waals surface area contributed by atoms with Gasteiger partial charge in [-0.2, -0.15) is 0 Å². The van der Waals surface area contributed by atoms with E-state index in [2.05, 4.69) is 82.8 Å². The van der Waals surface area contributed by atoms with Gasteiger partial charge < -0.3 is 10.1 Å². The van der Waals surface area contributed by atoms with Crippen molar-refractivity contribution in [1.82, 2.24) is 4.98 Å². The van der Waals surface area contributed by atoms with Crippen molar-refractivity contribution in [1.29, 1.82) is 0 Å². The standard InChI is InChI=1S/C27H23BrN2OS/c1-15-6-9-23-25(12-15)32-27(30-23)16-7-10-22-20(13-16)18-4-3-5-19(18)26(29-22)21-14-17(28)8-11-24(21)31-2/h3-4,6-14,18-19,26,29H,5H2,1-2H3/t18-,19+,26-/m1/s1. The van der Waals surface area contributed by atoms with Crippen LogP contribution >= 0.6 is 27.3 Å². The van der Waals surface area contributed by atoms with E-state index >= 15 is 0 Å². The van der Waals surface area contributed by atoms with Crippen LogP contribution in [0.15, 0.2) is 71.2 Å². The normalized spacial score (nSPS) is 21.3. The SMILES string of the molecule is COc1ccc(Br)cc1[C@@H]1Nc2ccc(-c3nc4ccc(C)cc4s3)cc2[C@@H]2C=CC[C@@H]21. The van der Waals surface area contributed by atoms with Crippen molar-refractivity contribution in [3.63, 3.8) is 0 Å². The molecular formula is C27H23BrN2OS. The lowest BCUT2D eigenvalue weighted by Crippen LogP contribution is -2.29. The Kier molecular flexibility index (Phi) is 4.85. The Morgan fingerprint density at radius 1 is 1.06 bits per heavy atom. The van der Waals surface area contributed by atoms with E-state index in [1.165, 1.54) is 32.6 Å². The molecule has 1 aliphatic carbocycles. The summed E-state index contributed by atoms with van der Waals surface area (Å²) in [5, 5.41) is 4.93. The van der Waals surface area contributed by atoms with Crippen LogP contribution < -0.4 is 10.1 Å². The fourth-order valence-corrected chi connectivity index (χ4v) is 6.58. The molecule has 32 heavy (non-hydrogen) atoms. The van der Waals surface area contributed by atoms with Gasteiger partial charge in [0.25, 0.3) is 0 Å². The van der Waals surface area contributed by atoms with Gasteiger partial charge in [0, 0.05) is 27.2 Å². The minimum absolute atomic E-state index is 0.200. The van der Waals surface area contributed by atoms with Gasteiger partial charge >= 0.3 is 0 Å². The average Bonchev–Trinajstić information content (AvgIpc) is 3.45. The Balaban J connectivity index is 1.42. The van der Waals surface area contributed by atoms with Crippen LogP contribution in [0.4, 0.5) is 5.69 Å². The third-order valence-corrected chi connectivity index (χ3v) is 8.24. The van der Waals surface area contributed by atoms with Crippen LogP contribution in [0.25, 0.3) is 20.8 Å². The number of hydrogen-bond acceptors (Lipinski definition) is 4. The molecule has 0 unspecified atom stereocenters. The lowest BCUT2D eigenvalue weighted by molar-refractivity contribution is 0.381. The number of benzene rings is 3. The first-order valence-corrected chi connectivity index (χ1v) is 12.5. The van der Waals surface area contributed by atoms with E-state index in [0.717, 1.165) is 27.2 Å². The van der Waals surface area contributed by atoms with Gasteiger partial charge in [0.2, 0.25) is 0 Å². The van der Waals surface area contributed by atoms with Crippen molar-refractivity contribution in [3.8, 4) is 16.3 Å². The van der Waals surface area contributed by atoms with E-state index in [4.69, 9.17) is 9.72 Å². The summed E-state index contributed by atoms with van der Waals surface area (Å²) >= 11 is 5.42. The van der Waals surface area contributed by atoms with Crippen LogP contribution in [0.5, 0.6) is 5.75 Å². The lowest BCUT2D eigenvalue weighted by Gasteiger charge is -2.38. The van der Waals surface area contributed by atoms with Gasteiger partial charge in [-0.3, -0.25) is 0 Å². The van der Waals surface area contributed by atoms with Crippen molar-refractivity contribution in [2.75, 3.05) is 12.4 Å². The molecule has 0 amide bonds. The molecule has 160 valence electrons. The molecule has 1 aromatic heterocycles. The van der Waals surface area contributed by atoms with Gasteiger partial charge in [0.05, 0.1) is 23.4 Å². The number of nitrogens with zero attached hydrogens (tertiary/aromatic N) is 1. The Hall–Kier alpha value is -2.63. The predicted octanol–water partition coefficient (Wildman–Crippen LogP) is 7.87. The van der Waals surface area contributed by atoms with E-state index in [1.54, 1.807) is 18.4 Å². The first-order chi connectivity index (χ1) is 15.6. The summed E-state index contributed by atoms with van der Waals surface area (Å²) in [4.78, 5) is 4.91. The van der Waals surface area contributed by atoms with Crippen LogP contribution in [-0.2, 0) is 0 Å². The Bertz CT molecular complexity index is 1380. The van der Waals surface area contributed by atoms with E-state index in [-0.39, 0.29) is 6.04 Å². The number of aromatic nitrogens is 1. The molecule has 3 aromatic carbocycles. The molecule has 1 N–H and O–H groups in total. The van der Waals surface area contributed by atoms with Crippen LogP contribution in [0.3, 0.4) is 0 Å². The maximum absolute atomic E-state index is 5.72. The second kappa shape index (κ2) is 7.75. The molecule has 0 spiro atoms. The quantitative estimate of drug-likeness (QED) is 0.289. The minimum atomic E-state index is 0.200. The largest absolute Gasteiger partial charge is 0.496 e. The smallest absolute Gasteiger partial charge is 0.124 e. The molecule has 3 nitrogen and oxygen atoms in total. The molecule has 3 atom stereocenters. The molecule has 1 aliphatic heterocycles. The monoisotopic (exact) mass is 502 g/mol. The van der Waals surface area contributed by atoms with Gasteiger partial charge in [-0.15, -0.1) is 11.3 Å². The lowest BCUT2D eigenvalue weighted by atomic mass is 9.76. The summed E-state index contributed by atoms with van der Waals surface area (Å²) in [6.07, 6.45) is 5.77. The summed E-state index contributed by atoms with van der Waals surface area (Å²) in [5.74, 6) is 1.77. The number of aryl methyl sites for hydroxylation is 1. The molecule has 4 aromatic rings. The van der Waals surface area contributed by atoms with E-state index < -0.39 is 0 Å². The summed E-state index contributed by atoms with van der Waals surface area (Å²) < 4.78 is 8.04. The van der Waals surface area contributed by atoms with Crippen molar-refractivity contribution in [2.24, 2.45) is 5.92 Å². The predicted molar refractivity (Wildman–Crippen MR) is 137 cm³/mol. The molecule has 0 bridgehead atoms. The molecular weight excluding hydrogens is 480 g/mol. The zero-order valence-corrected chi connectivity index (χ0v) is 20.3. The van der Waals surface area contributed by atoms with Crippen LogP contribution in [0, 0.1) is 12.8 Å². The van der Waals surface area contributed by atoms with Crippen molar-refractivity contribution < 1.29 is 4.74 Å². The highest BCUT2D eigenvalue weighted by Gasteiger charge is 2.39.